The predicted octanol–water partition coefficient (Wildman–Crippen LogP) is 3.33. The van der Waals surface area contributed by atoms with Crippen LogP contribution in [0.5, 0.6) is 0 Å². The fourth-order valence-corrected chi connectivity index (χ4v) is 3.20. The van der Waals surface area contributed by atoms with Gasteiger partial charge in [-0.1, -0.05) is 36.4 Å². The number of fused-ring (bicyclic) bond motifs is 1. The van der Waals surface area contributed by atoms with Crippen LogP contribution >= 0.6 is 0 Å². The van der Waals surface area contributed by atoms with E-state index in [1.165, 1.54) is 0 Å². The Hall–Kier alpha value is -3.93. The van der Waals surface area contributed by atoms with E-state index in [9.17, 15) is 9.59 Å². The van der Waals surface area contributed by atoms with E-state index in [0.717, 1.165) is 22.4 Å². The maximum Gasteiger partial charge on any atom is 0.290 e. The summed E-state index contributed by atoms with van der Waals surface area (Å²) in [6.45, 7) is 0.580. The van der Waals surface area contributed by atoms with Gasteiger partial charge in [-0.2, -0.15) is 4.57 Å². The highest BCUT2D eigenvalue weighted by molar-refractivity contribution is 5.93. The number of anilines is 1. The van der Waals surface area contributed by atoms with Crippen LogP contribution in [0.2, 0.25) is 0 Å². The number of carbonyl (C=O) groups is 2. The van der Waals surface area contributed by atoms with E-state index in [1.54, 1.807) is 29.1 Å². The molecule has 2 aromatic carbocycles. The van der Waals surface area contributed by atoms with Crippen LogP contribution in [0.4, 0.5) is 5.69 Å². The third-order valence-electron chi connectivity index (χ3n) is 4.64. The van der Waals surface area contributed by atoms with Crippen molar-refractivity contribution in [1.82, 2.24) is 5.32 Å². The summed E-state index contributed by atoms with van der Waals surface area (Å²) in [7, 11) is 0. The Morgan fingerprint density at radius 3 is 2.57 bits per heavy atom. The zero-order valence-electron chi connectivity index (χ0n) is 16.4. The van der Waals surface area contributed by atoms with Gasteiger partial charge in [-0.3, -0.25) is 9.59 Å². The zero-order chi connectivity index (χ0) is 20.8. The van der Waals surface area contributed by atoms with Gasteiger partial charge in [0.15, 0.2) is 12.4 Å². The lowest BCUT2D eigenvalue weighted by Crippen LogP contribution is -2.41. The average molecular weight is 400 g/mol. The van der Waals surface area contributed by atoms with Crippen LogP contribution in [0.15, 0.2) is 89.6 Å². The van der Waals surface area contributed by atoms with Crippen molar-refractivity contribution in [2.75, 3.05) is 11.9 Å². The van der Waals surface area contributed by atoms with Crippen molar-refractivity contribution in [3.63, 3.8) is 0 Å². The molecular weight excluding hydrogens is 378 g/mol. The first kappa shape index (κ1) is 19.4. The topological polar surface area (TPSA) is 75.2 Å². The first-order valence-electron chi connectivity index (χ1n) is 9.77. The minimum atomic E-state index is -0.191. The summed E-state index contributed by atoms with van der Waals surface area (Å²) in [5.41, 5.74) is 2.08. The molecule has 0 bridgehead atoms. The van der Waals surface area contributed by atoms with Crippen molar-refractivity contribution in [3.05, 3.63) is 96.5 Å². The molecule has 6 nitrogen and oxygen atoms in total. The summed E-state index contributed by atoms with van der Waals surface area (Å²) in [4.78, 5) is 24.7. The average Bonchev–Trinajstić information content (AvgIpc) is 3.17. The highest BCUT2D eigenvalue weighted by Gasteiger charge is 2.14. The lowest BCUT2D eigenvalue weighted by Gasteiger charge is -2.05. The van der Waals surface area contributed by atoms with Crippen molar-refractivity contribution in [1.29, 1.82) is 0 Å². The number of carbonyl (C=O) groups excluding carboxylic acids is 2. The molecule has 4 rings (SSSR count). The summed E-state index contributed by atoms with van der Waals surface area (Å²) < 4.78 is 7.45. The van der Waals surface area contributed by atoms with Gasteiger partial charge in [-0.05, 0) is 30.3 Å². The van der Waals surface area contributed by atoms with Crippen molar-refractivity contribution in [2.45, 2.75) is 13.0 Å². The summed E-state index contributed by atoms with van der Waals surface area (Å²) in [5.74, 6) is 0.481. The summed E-state index contributed by atoms with van der Waals surface area (Å²) in [5, 5.41) is 6.78. The van der Waals surface area contributed by atoms with Gasteiger partial charge in [0.1, 0.15) is 16.9 Å². The number of hydrogen-bond acceptors (Lipinski definition) is 3. The third kappa shape index (κ3) is 4.91. The molecule has 0 aliphatic rings. The summed E-state index contributed by atoms with van der Waals surface area (Å²) in [6.07, 6.45) is 4.03. The number of amides is 2. The number of hydrogen-bond donors (Lipinski definition) is 2. The van der Waals surface area contributed by atoms with Crippen LogP contribution in [0.1, 0.15) is 16.1 Å². The molecule has 0 unspecified atom stereocenters. The van der Waals surface area contributed by atoms with E-state index >= 15 is 0 Å². The highest BCUT2D eigenvalue weighted by Crippen LogP contribution is 2.18. The number of nitrogens with one attached hydrogen (secondary N) is 2. The number of furan rings is 1. The van der Waals surface area contributed by atoms with Crippen molar-refractivity contribution < 1.29 is 18.6 Å². The van der Waals surface area contributed by atoms with Crippen LogP contribution < -0.4 is 15.2 Å². The van der Waals surface area contributed by atoms with E-state index in [1.807, 2.05) is 60.7 Å². The largest absolute Gasteiger partial charge is 0.461 e. The van der Waals surface area contributed by atoms with Crippen molar-refractivity contribution in [3.8, 4) is 0 Å². The Balaban J connectivity index is 1.31. The van der Waals surface area contributed by atoms with Gasteiger partial charge in [0.25, 0.3) is 11.8 Å². The number of rotatable bonds is 7. The quantitative estimate of drug-likeness (QED) is 0.467. The number of aromatic nitrogens is 1. The second kappa shape index (κ2) is 9.05. The van der Waals surface area contributed by atoms with Crippen molar-refractivity contribution >= 4 is 28.5 Å². The molecule has 0 fully saturated rings. The van der Waals surface area contributed by atoms with Crippen LogP contribution in [0, 0.1) is 0 Å². The molecule has 2 amide bonds. The van der Waals surface area contributed by atoms with Gasteiger partial charge >= 0.3 is 0 Å². The van der Waals surface area contributed by atoms with Gasteiger partial charge in [0.2, 0.25) is 6.54 Å². The minimum absolute atomic E-state index is 0.120. The molecule has 150 valence electrons. The Morgan fingerprint density at radius 2 is 1.73 bits per heavy atom. The zero-order valence-corrected chi connectivity index (χ0v) is 16.4. The molecule has 0 saturated carbocycles. The molecule has 0 saturated heterocycles. The Labute approximate surface area is 174 Å². The SMILES string of the molecule is O=C(C[n+]1cccc(C(=O)NCCc2cc3ccccc3o2)c1)Nc1ccccc1. The number of para-hydroxylation sites is 2. The summed E-state index contributed by atoms with van der Waals surface area (Å²) in [6, 6.07) is 22.6. The van der Waals surface area contributed by atoms with Crippen molar-refractivity contribution in [2.24, 2.45) is 0 Å². The van der Waals surface area contributed by atoms with Gasteiger partial charge in [0.05, 0.1) is 0 Å². The standard InChI is InChI=1S/C24H21N3O3/c28-23(26-20-9-2-1-3-10-20)17-27-14-6-8-19(16-27)24(29)25-13-12-21-15-18-7-4-5-11-22(18)30-21/h1-11,14-16H,12-13,17H2,(H-,25,26,28,29)/p+1. The lowest BCUT2D eigenvalue weighted by molar-refractivity contribution is -0.684. The molecule has 0 aliphatic carbocycles. The Kier molecular flexibility index (Phi) is 5.85. The Bertz CT molecular complexity index is 1140. The summed E-state index contributed by atoms with van der Waals surface area (Å²) >= 11 is 0. The minimum Gasteiger partial charge on any atom is -0.461 e. The van der Waals surface area contributed by atoms with Crippen LogP contribution in [-0.2, 0) is 17.8 Å². The van der Waals surface area contributed by atoms with E-state index in [2.05, 4.69) is 10.6 Å². The second-order valence-electron chi connectivity index (χ2n) is 6.94. The molecule has 2 heterocycles. The fourth-order valence-electron chi connectivity index (χ4n) is 3.20. The van der Waals surface area contributed by atoms with Crippen LogP contribution in [-0.4, -0.2) is 18.4 Å². The van der Waals surface area contributed by atoms with E-state index in [4.69, 9.17) is 4.42 Å². The highest BCUT2D eigenvalue weighted by atomic mass is 16.3. The van der Waals surface area contributed by atoms with Gasteiger partial charge < -0.3 is 15.1 Å². The van der Waals surface area contributed by atoms with Gasteiger partial charge in [-0.25, -0.2) is 0 Å². The Morgan fingerprint density at radius 1 is 0.933 bits per heavy atom. The van der Waals surface area contributed by atoms with Crippen LogP contribution in [0.25, 0.3) is 11.0 Å². The number of benzene rings is 2. The number of nitrogens with zero attached hydrogens (tertiary/aromatic N) is 1. The predicted molar refractivity (Wildman–Crippen MR) is 114 cm³/mol. The second-order valence-corrected chi connectivity index (χ2v) is 6.94. The molecule has 0 atom stereocenters. The van der Waals surface area contributed by atoms with Gasteiger partial charge in [-0.15, -0.1) is 0 Å². The molecule has 30 heavy (non-hydrogen) atoms. The normalized spacial score (nSPS) is 10.7. The maximum absolute atomic E-state index is 12.5. The van der Waals surface area contributed by atoms with E-state index < -0.39 is 0 Å². The first-order valence-corrected chi connectivity index (χ1v) is 9.77. The molecule has 4 aromatic rings. The lowest BCUT2D eigenvalue weighted by atomic mass is 10.2. The molecule has 0 aliphatic heterocycles. The van der Waals surface area contributed by atoms with Crippen LogP contribution in [0.3, 0.4) is 0 Å². The maximum atomic E-state index is 12.5. The molecule has 2 aromatic heterocycles. The third-order valence-corrected chi connectivity index (χ3v) is 4.64. The fraction of sp³-hybridized carbons (Fsp3) is 0.125. The first-order chi connectivity index (χ1) is 14.7. The number of pyridine rings is 1. The molecule has 6 heteroatoms. The molecule has 2 N–H and O–H groups in total. The molecular formula is C24H22N3O3+. The molecule has 0 radical (unpaired) electrons. The van der Waals surface area contributed by atoms with Gasteiger partial charge in [0, 0.05) is 30.1 Å². The monoisotopic (exact) mass is 400 g/mol. The van der Waals surface area contributed by atoms with E-state index in [-0.39, 0.29) is 18.4 Å². The smallest absolute Gasteiger partial charge is 0.290 e. The molecule has 0 spiro atoms. The van der Waals surface area contributed by atoms with E-state index in [0.29, 0.717) is 18.5 Å².